The van der Waals surface area contributed by atoms with Crippen molar-refractivity contribution in [2.45, 2.75) is 65.0 Å². The van der Waals surface area contributed by atoms with E-state index in [1.54, 1.807) is 0 Å². The first-order valence-electron chi connectivity index (χ1n) is 26.4. The van der Waals surface area contributed by atoms with Crippen LogP contribution in [0.15, 0.2) is 232 Å². The van der Waals surface area contributed by atoms with Crippen molar-refractivity contribution in [1.82, 2.24) is 4.48 Å². The van der Waals surface area contributed by atoms with Crippen molar-refractivity contribution in [3.63, 3.8) is 0 Å². The predicted molar refractivity (Wildman–Crippen MR) is 326 cm³/mol. The molecule has 4 aliphatic rings. The number of aromatic nitrogens is 1. The number of para-hydroxylation sites is 2. The molecule has 5 heterocycles. The van der Waals surface area contributed by atoms with Crippen molar-refractivity contribution in [3.8, 4) is 33.4 Å². The van der Waals surface area contributed by atoms with Crippen LogP contribution in [0.1, 0.15) is 51.4 Å². The number of nitrogens with zero attached hydrogens (tertiary/aromatic N) is 3. The predicted octanol–water partition coefficient (Wildman–Crippen LogP) is 18.8. The molecule has 0 unspecified atom stereocenters. The molecule has 0 fully saturated rings. The van der Waals surface area contributed by atoms with Gasteiger partial charge in [0.2, 0.25) is 0 Å². The van der Waals surface area contributed by atoms with Gasteiger partial charge in [-0.15, -0.1) is 11.3 Å². The van der Waals surface area contributed by atoms with Gasteiger partial charge in [-0.3, -0.25) is 0 Å². The second-order valence-electron chi connectivity index (χ2n) is 22.4. The number of hydrogen-bond donors (Lipinski definition) is 0. The highest BCUT2D eigenvalue weighted by Crippen LogP contribution is 2.61. The van der Waals surface area contributed by atoms with Gasteiger partial charge in [-0.25, -0.2) is 0 Å². The number of hydrogen-bond acceptors (Lipinski definition) is 5. The van der Waals surface area contributed by atoms with Gasteiger partial charge in [-0.2, -0.15) is 0 Å². The molecule has 10 aromatic carbocycles. The Hall–Kier alpha value is -7.68. The van der Waals surface area contributed by atoms with Crippen LogP contribution in [0, 0.1) is 0 Å². The second kappa shape index (κ2) is 16.2. The molecule has 76 heavy (non-hydrogen) atoms. The Labute approximate surface area is 456 Å². The highest BCUT2D eigenvalue weighted by molar-refractivity contribution is 8.05. The summed E-state index contributed by atoms with van der Waals surface area (Å²) in [5.74, 6) is 0. The summed E-state index contributed by atoms with van der Waals surface area (Å²) in [5, 5.41) is 3.90. The van der Waals surface area contributed by atoms with Crippen molar-refractivity contribution < 1.29 is 0 Å². The zero-order valence-electron chi connectivity index (χ0n) is 42.9. The van der Waals surface area contributed by atoms with E-state index in [1.165, 1.54) is 135 Å². The number of fused-ring (bicyclic) bond motifs is 15. The van der Waals surface area contributed by atoms with Crippen LogP contribution >= 0.6 is 34.9 Å². The molecular weight excluding hydrogens is 978 g/mol. The molecule has 3 aliphatic heterocycles. The summed E-state index contributed by atoms with van der Waals surface area (Å²) in [7, 11) is 0. The third kappa shape index (κ3) is 6.22. The van der Waals surface area contributed by atoms with Gasteiger partial charge in [0.05, 0.1) is 21.8 Å². The van der Waals surface area contributed by atoms with E-state index in [1.807, 2.05) is 34.9 Å². The Bertz CT molecular complexity index is 4400. The summed E-state index contributed by atoms with van der Waals surface area (Å²) in [6.07, 6.45) is 0. The van der Waals surface area contributed by atoms with E-state index in [0.29, 0.717) is 0 Å². The van der Waals surface area contributed by atoms with E-state index in [2.05, 4.69) is 261 Å². The van der Waals surface area contributed by atoms with Crippen molar-refractivity contribution >= 4 is 118 Å². The molecule has 0 radical (unpaired) electrons. The van der Waals surface area contributed by atoms with Crippen molar-refractivity contribution in [3.05, 3.63) is 229 Å². The molecule has 12 aromatic rings. The van der Waals surface area contributed by atoms with E-state index in [4.69, 9.17) is 0 Å². The minimum absolute atomic E-state index is 0.0539. The summed E-state index contributed by atoms with van der Waals surface area (Å²) >= 11 is 5.78. The Balaban J connectivity index is 1.10. The van der Waals surface area contributed by atoms with Crippen molar-refractivity contribution in [1.29, 1.82) is 0 Å². The zero-order chi connectivity index (χ0) is 50.8. The average molecular weight is 1030 g/mol. The first-order chi connectivity index (χ1) is 37.1. The lowest BCUT2D eigenvalue weighted by Crippen LogP contribution is -2.58. The van der Waals surface area contributed by atoms with Crippen LogP contribution in [0.3, 0.4) is 0 Å². The fourth-order valence-electron chi connectivity index (χ4n) is 13.3. The van der Waals surface area contributed by atoms with Gasteiger partial charge in [0, 0.05) is 90.8 Å². The molecule has 2 aromatic heterocycles. The fourth-order valence-corrected chi connectivity index (χ4v) is 16.8. The van der Waals surface area contributed by atoms with Crippen molar-refractivity contribution in [2.75, 3.05) is 9.80 Å². The van der Waals surface area contributed by atoms with E-state index in [9.17, 15) is 0 Å². The van der Waals surface area contributed by atoms with Crippen LogP contribution in [0.2, 0.25) is 0 Å². The molecule has 0 saturated carbocycles. The molecule has 0 saturated heterocycles. The first-order valence-corrected chi connectivity index (χ1v) is 28.9. The maximum absolute atomic E-state index is 2.86. The molecule has 7 heteroatoms. The molecule has 1 aliphatic carbocycles. The Morgan fingerprint density at radius 1 is 0.526 bits per heavy atom. The number of anilines is 6. The molecule has 0 N–H and O–H groups in total. The zero-order valence-corrected chi connectivity index (χ0v) is 45.3. The summed E-state index contributed by atoms with van der Waals surface area (Å²) in [6, 6.07) is 80.4. The molecule has 3 nitrogen and oxygen atoms in total. The molecule has 0 spiro atoms. The summed E-state index contributed by atoms with van der Waals surface area (Å²) in [6.45, 7) is 11.8. The van der Waals surface area contributed by atoms with Crippen LogP contribution in [0.5, 0.6) is 0 Å². The molecule has 0 bridgehead atoms. The highest BCUT2D eigenvalue weighted by atomic mass is 32.2. The molecular formula is C69H50BN3S3. The standard InChI is InChI=1S/C69H50BN3S3/c1-68(2,3)42-33-35-53(48(37-42)41-21-9-6-10-22-41)72-55-40-60-59(74-57-31-19-20-32-58(57)75-60)39-52(55)70-63-49(38-50-45-27-16-18-30-56(45)76-66(50)65(63)72)46-34-36-54(71(43-23-11-7-12-24-43)44-25-13-8-14-26-44)62-61-47-28-15-17-29-51(47)69(4,5)67(61)73(70)64(46)62/h6-40H,1-5H3. The van der Waals surface area contributed by atoms with Crippen molar-refractivity contribution in [2.24, 2.45) is 0 Å². The van der Waals surface area contributed by atoms with E-state index >= 15 is 0 Å². The monoisotopic (exact) mass is 1030 g/mol. The van der Waals surface area contributed by atoms with Crippen LogP contribution in [0.25, 0.3) is 64.5 Å². The van der Waals surface area contributed by atoms with E-state index < -0.39 is 0 Å². The van der Waals surface area contributed by atoms with Crippen LogP contribution < -0.4 is 20.7 Å². The van der Waals surface area contributed by atoms with E-state index in [0.717, 1.165) is 11.4 Å². The van der Waals surface area contributed by atoms with Crippen LogP contribution in [0.4, 0.5) is 34.1 Å². The lowest BCUT2D eigenvalue weighted by atomic mass is 9.44. The molecule has 0 amide bonds. The second-order valence-corrected chi connectivity index (χ2v) is 25.6. The Kier molecular flexibility index (Phi) is 9.49. The Morgan fingerprint density at radius 2 is 1.17 bits per heavy atom. The molecule has 0 atom stereocenters. The lowest BCUT2D eigenvalue weighted by molar-refractivity contribution is 0.590. The third-order valence-corrected chi connectivity index (χ3v) is 20.4. The van der Waals surface area contributed by atoms with Crippen LogP contribution in [-0.2, 0) is 10.8 Å². The maximum Gasteiger partial charge on any atom is 0.332 e. The fraction of sp³-hybridized carbons (Fsp3) is 0.101. The minimum atomic E-state index is -0.332. The normalized spacial score (nSPS) is 14.3. The summed E-state index contributed by atoms with van der Waals surface area (Å²) < 4.78 is 5.49. The topological polar surface area (TPSA) is 11.4 Å². The first kappa shape index (κ1) is 44.6. The lowest BCUT2D eigenvalue weighted by Gasteiger charge is -2.43. The third-order valence-electron chi connectivity index (χ3n) is 16.7. The van der Waals surface area contributed by atoms with Gasteiger partial charge in [0.25, 0.3) is 0 Å². The van der Waals surface area contributed by atoms with Gasteiger partial charge in [0.1, 0.15) is 0 Å². The highest BCUT2D eigenvalue weighted by Gasteiger charge is 2.51. The van der Waals surface area contributed by atoms with Gasteiger partial charge in [-0.05, 0) is 123 Å². The largest absolute Gasteiger partial charge is 0.378 e. The number of thiophene rings is 1. The summed E-state index contributed by atoms with van der Waals surface area (Å²) in [5.41, 5.74) is 22.5. The SMILES string of the molecule is CC(C)(C)c1ccc(N2c3cc4c(cc3B3c5c(cc6c(sc7ccccc76)c52)-c2ccc(N(c5ccccc5)c5ccccc5)c5c6c(n3c25)C(C)(C)c2ccccc2-6)Sc2ccccc2S4)c(-c2ccccc2)c1. The van der Waals surface area contributed by atoms with E-state index in [-0.39, 0.29) is 17.7 Å². The van der Waals surface area contributed by atoms with Gasteiger partial charge in [0.15, 0.2) is 0 Å². The number of benzene rings is 10. The Morgan fingerprint density at radius 3 is 1.89 bits per heavy atom. The van der Waals surface area contributed by atoms with Crippen LogP contribution in [-0.4, -0.2) is 11.3 Å². The molecule has 16 rings (SSSR count). The summed E-state index contributed by atoms with van der Waals surface area (Å²) in [4.78, 5) is 10.4. The van der Waals surface area contributed by atoms with Gasteiger partial charge in [-0.1, -0.05) is 192 Å². The maximum atomic E-state index is 2.86. The number of rotatable bonds is 5. The quantitative estimate of drug-likeness (QED) is 0.159. The van der Waals surface area contributed by atoms with Gasteiger partial charge >= 0.3 is 6.85 Å². The smallest absolute Gasteiger partial charge is 0.332 e. The molecule has 362 valence electrons. The minimum Gasteiger partial charge on any atom is -0.378 e. The average Bonchev–Trinajstić information content (AvgIpc) is 4.00. The van der Waals surface area contributed by atoms with Gasteiger partial charge < -0.3 is 14.3 Å².